The van der Waals surface area contributed by atoms with Gasteiger partial charge in [0.15, 0.2) is 0 Å². The molecule has 6 nitrogen and oxygen atoms in total. The molecule has 0 unspecified atom stereocenters. The van der Waals surface area contributed by atoms with Gasteiger partial charge in [-0.15, -0.1) is 0 Å². The zero-order chi connectivity index (χ0) is 18.9. The predicted octanol–water partition coefficient (Wildman–Crippen LogP) is 4.32. The largest absolute Gasteiger partial charge is 0.478 e. The normalized spacial score (nSPS) is 11.4. The molecule has 26 heavy (non-hydrogen) atoms. The van der Waals surface area contributed by atoms with Crippen LogP contribution in [0.4, 0.5) is 11.5 Å². The van der Waals surface area contributed by atoms with E-state index in [-0.39, 0.29) is 11.0 Å². The number of aromatic nitrogens is 3. The molecule has 2 heterocycles. The van der Waals surface area contributed by atoms with Crippen molar-refractivity contribution in [2.75, 3.05) is 5.32 Å². The van der Waals surface area contributed by atoms with E-state index >= 15 is 0 Å². The van der Waals surface area contributed by atoms with E-state index in [1.807, 2.05) is 31.2 Å². The lowest BCUT2D eigenvalue weighted by Gasteiger charge is -2.14. The van der Waals surface area contributed by atoms with Crippen molar-refractivity contribution in [2.24, 2.45) is 0 Å². The molecule has 1 aromatic carbocycles. The van der Waals surface area contributed by atoms with Crippen molar-refractivity contribution in [3.63, 3.8) is 0 Å². The van der Waals surface area contributed by atoms with Crippen LogP contribution < -0.4 is 5.32 Å². The fourth-order valence-corrected chi connectivity index (χ4v) is 2.66. The van der Waals surface area contributed by atoms with Crippen molar-refractivity contribution in [1.29, 1.82) is 0 Å². The van der Waals surface area contributed by atoms with Gasteiger partial charge in [-0.2, -0.15) is 5.10 Å². The van der Waals surface area contributed by atoms with Gasteiger partial charge in [0, 0.05) is 23.9 Å². The molecular weight excluding hydrogens is 328 g/mol. The monoisotopic (exact) mass is 350 g/mol. The molecule has 3 rings (SSSR count). The number of nitrogens with zero attached hydrogens (tertiary/aromatic N) is 3. The molecule has 0 aliphatic carbocycles. The van der Waals surface area contributed by atoms with Crippen LogP contribution in [-0.4, -0.2) is 25.8 Å². The maximum atomic E-state index is 11.6. The van der Waals surface area contributed by atoms with Gasteiger partial charge in [0.2, 0.25) is 0 Å². The van der Waals surface area contributed by atoms with E-state index in [0.717, 1.165) is 16.9 Å². The van der Waals surface area contributed by atoms with Gasteiger partial charge in [-0.3, -0.25) is 4.98 Å². The molecule has 0 radical (unpaired) electrons. The lowest BCUT2D eigenvalue weighted by molar-refractivity contribution is 0.0698. The second-order valence-corrected chi connectivity index (χ2v) is 7.21. The Hall–Kier alpha value is -3.15. The standard InChI is InChI=1S/C20H22N4O2/c1-13-6-5-7-15(19(25)26)18(13)22-17-12-16(20(2,3)4)23-24(17)14-8-10-21-11-9-14/h5-12,22H,1-4H3,(H,25,26). The summed E-state index contributed by atoms with van der Waals surface area (Å²) in [5.74, 6) is -0.264. The number of carbonyl (C=O) groups is 1. The quantitative estimate of drug-likeness (QED) is 0.733. The summed E-state index contributed by atoms with van der Waals surface area (Å²) >= 11 is 0. The molecule has 0 aliphatic rings. The third-order valence-electron chi connectivity index (χ3n) is 4.14. The van der Waals surface area contributed by atoms with Crippen LogP contribution in [0.5, 0.6) is 0 Å². The van der Waals surface area contributed by atoms with Gasteiger partial charge in [0.05, 0.1) is 22.6 Å². The van der Waals surface area contributed by atoms with E-state index in [2.05, 4.69) is 31.1 Å². The highest BCUT2D eigenvalue weighted by Gasteiger charge is 2.22. The van der Waals surface area contributed by atoms with Crippen LogP contribution in [-0.2, 0) is 5.41 Å². The van der Waals surface area contributed by atoms with Crippen LogP contribution in [0, 0.1) is 6.92 Å². The van der Waals surface area contributed by atoms with Crippen LogP contribution in [0.1, 0.15) is 42.4 Å². The maximum Gasteiger partial charge on any atom is 0.337 e. The lowest BCUT2D eigenvalue weighted by atomic mass is 9.92. The highest BCUT2D eigenvalue weighted by atomic mass is 16.4. The number of carboxylic acid groups (broad SMARTS) is 1. The van der Waals surface area contributed by atoms with Gasteiger partial charge >= 0.3 is 5.97 Å². The van der Waals surface area contributed by atoms with Crippen molar-refractivity contribution in [3.8, 4) is 5.69 Å². The smallest absolute Gasteiger partial charge is 0.337 e. The van der Waals surface area contributed by atoms with Crippen LogP contribution in [0.25, 0.3) is 5.69 Å². The van der Waals surface area contributed by atoms with Crippen LogP contribution in [0.15, 0.2) is 48.8 Å². The van der Waals surface area contributed by atoms with E-state index in [9.17, 15) is 9.90 Å². The minimum atomic E-state index is -0.970. The number of hydrogen-bond acceptors (Lipinski definition) is 4. The lowest BCUT2D eigenvalue weighted by Crippen LogP contribution is -2.12. The number of carboxylic acids is 1. The second kappa shape index (κ2) is 6.63. The molecule has 2 aromatic heterocycles. The number of para-hydroxylation sites is 1. The maximum absolute atomic E-state index is 11.6. The van der Waals surface area contributed by atoms with Crippen molar-refractivity contribution in [1.82, 2.24) is 14.8 Å². The Balaban J connectivity index is 2.14. The van der Waals surface area contributed by atoms with E-state index in [4.69, 9.17) is 5.10 Å². The molecule has 0 amide bonds. The molecule has 0 atom stereocenters. The number of pyridine rings is 1. The number of rotatable bonds is 4. The van der Waals surface area contributed by atoms with Gasteiger partial charge in [0.25, 0.3) is 0 Å². The fraction of sp³-hybridized carbons (Fsp3) is 0.250. The van der Waals surface area contributed by atoms with Crippen LogP contribution in [0.2, 0.25) is 0 Å². The van der Waals surface area contributed by atoms with Gasteiger partial charge in [-0.1, -0.05) is 32.9 Å². The molecule has 0 spiro atoms. The van der Waals surface area contributed by atoms with Gasteiger partial charge in [-0.05, 0) is 30.7 Å². The van der Waals surface area contributed by atoms with Gasteiger partial charge in [0.1, 0.15) is 5.82 Å². The summed E-state index contributed by atoms with van der Waals surface area (Å²) in [6, 6.07) is 10.9. The molecule has 134 valence electrons. The molecule has 0 fully saturated rings. The first kappa shape index (κ1) is 17.7. The number of hydrogen-bond donors (Lipinski definition) is 2. The zero-order valence-corrected chi connectivity index (χ0v) is 15.3. The van der Waals surface area contributed by atoms with Crippen LogP contribution in [0.3, 0.4) is 0 Å². The third-order valence-corrected chi connectivity index (χ3v) is 4.14. The highest BCUT2D eigenvalue weighted by Crippen LogP contribution is 2.30. The van der Waals surface area contributed by atoms with Gasteiger partial charge < -0.3 is 10.4 Å². The molecule has 0 aliphatic heterocycles. The minimum absolute atomic E-state index is 0.143. The number of aryl methyl sites for hydroxylation is 1. The molecule has 3 aromatic rings. The third kappa shape index (κ3) is 3.44. The number of anilines is 2. The SMILES string of the molecule is Cc1cccc(C(=O)O)c1Nc1cc(C(C)(C)C)nn1-c1ccncc1. The number of aromatic carboxylic acids is 1. The van der Waals surface area contributed by atoms with Crippen molar-refractivity contribution in [3.05, 3.63) is 65.6 Å². The average molecular weight is 350 g/mol. The molecule has 0 saturated carbocycles. The average Bonchev–Trinajstić information content (AvgIpc) is 3.01. The summed E-state index contributed by atoms with van der Waals surface area (Å²) < 4.78 is 1.78. The van der Waals surface area contributed by atoms with Gasteiger partial charge in [-0.25, -0.2) is 9.48 Å². The first-order valence-electron chi connectivity index (χ1n) is 8.38. The van der Waals surface area contributed by atoms with E-state index in [0.29, 0.717) is 11.5 Å². The minimum Gasteiger partial charge on any atom is -0.478 e. The van der Waals surface area contributed by atoms with Crippen molar-refractivity contribution < 1.29 is 9.90 Å². The summed E-state index contributed by atoms with van der Waals surface area (Å²) in [4.78, 5) is 15.7. The highest BCUT2D eigenvalue weighted by molar-refractivity contribution is 5.96. The first-order chi connectivity index (χ1) is 12.3. The second-order valence-electron chi connectivity index (χ2n) is 7.21. The van der Waals surface area contributed by atoms with Crippen LogP contribution >= 0.6 is 0 Å². The summed E-state index contributed by atoms with van der Waals surface area (Å²) in [5, 5.41) is 17.5. The Bertz CT molecular complexity index is 940. The van der Waals surface area contributed by atoms with Crippen molar-refractivity contribution in [2.45, 2.75) is 33.1 Å². The Kier molecular flexibility index (Phi) is 4.50. The van der Waals surface area contributed by atoms with E-state index < -0.39 is 5.97 Å². The zero-order valence-electron chi connectivity index (χ0n) is 15.3. The topological polar surface area (TPSA) is 80.0 Å². The Morgan fingerprint density at radius 1 is 1.15 bits per heavy atom. The number of benzene rings is 1. The van der Waals surface area contributed by atoms with Crippen molar-refractivity contribution >= 4 is 17.5 Å². The summed E-state index contributed by atoms with van der Waals surface area (Å²) in [6.45, 7) is 8.15. The molecule has 2 N–H and O–H groups in total. The first-order valence-corrected chi connectivity index (χ1v) is 8.38. The van der Waals surface area contributed by atoms with E-state index in [1.165, 1.54) is 0 Å². The van der Waals surface area contributed by atoms with E-state index in [1.54, 1.807) is 29.2 Å². The summed E-state index contributed by atoms with van der Waals surface area (Å²) in [7, 11) is 0. The summed E-state index contributed by atoms with van der Waals surface area (Å²) in [6.07, 6.45) is 3.40. The Morgan fingerprint density at radius 3 is 2.46 bits per heavy atom. The molecule has 0 saturated heterocycles. The Morgan fingerprint density at radius 2 is 1.85 bits per heavy atom. The Labute approximate surface area is 152 Å². The summed E-state index contributed by atoms with van der Waals surface area (Å²) in [5.41, 5.74) is 3.26. The fourth-order valence-electron chi connectivity index (χ4n) is 2.66. The molecule has 6 heteroatoms. The number of nitrogens with one attached hydrogen (secondary N) is 1. The predicted molar refractivity (Wildman–Crippen MR) is 101 cm³/mol. The molecular formula is C20H22N4O2. The molecule has 0 bridgehead atoms.